The predicted molar refractivity (Wildman–Crippen MR) is 82.8 cm³/mol. The molecule has 0 spiro atoms. The van der Waals surface area contributed by atoms with E-state index in [1.54, 1.807) is 32.9 Å². The van der Waals surface area contributed by atoms with Crippen molar-refractivity contribution in [2.24, 2.45) is 0 Å². The van der Waals surface area contributed by atoms with Crippen LogP contribution < -0.4 is 14.5 Å². The minimum atomic E-state index is -2.20. The molecule has 2 atom stereocenters. The third-order valence-corrected chi connectivity index (χ3v) is 3.50. The molecular weight excluding hydrogens is 291 g/mol. The summed E-state index contributed by atoms with van der Waals surface area (Å²) in [5.41, 5.74) is 0.933. The van der Waals surface area contributed by atoms with E-state index in [1.165, 1.54) is 0 Å². The highest BCUT2D eigenvalue weighted by atomic mass is 31.1. The van der Waals surface area contributed by atoms with Crippen LogP contribution in [0.5, 0.6) is 5.75 Å². The number of esters is 1. The third-order valence-electron chi connectivity index (χ3n) is 2.53. The van der Waals surface area contributed by atoms with E-state index in [4.69, 9.17) is 9.26 Å². The van der Waals surface area contributed by atoms with Gasteiger partial charge in [-0.25, -0.2) is 4.52 Å². The number of rotatable bonds is 7. The van der Waals surface area contributed by atoms with Crippen LogP contribution in [0, 0.1) is 0 Å². The predicted octanol–water partition coefficient (Wildman–Crippen LogP) is 2.72. The zero-order chi connectivity index (χ0) is 16.0. The highest BCUT2D eigenvalue weighted by molar-refractivity contribution is 7.37. The van der Waals surface area contributed by atoms with Crippen LogP contribution in [-0.4, -0.2) is 32.2 Å². The van der Waals surface area contributed by atoms with Crippen LogP contribution in [0.4, 0.5) is 5.69 Å². The van der Waals surface area contributed by atoms with E-state index in [9.17, 15) is 9.36 Å². The van der Waals surface area contributed by atoms with E-state index in [1.807, 2.05) is 31.1 Å². The van der Waals surface area contributed by atoms with E-state index in [-0.39, 0.29) is 6.10 Å². The molecule has 0 heterocycles. The molecule has 7 heteroatoms. The first-order valence-corrected chi connectivity index (χ1v) is 7.86. The minimum absolute atomic E-state index is 0.211. The highest BCUT2D eigenvalue weighted by Crippen LogP contribution is 2.27. The van der Waals surface area contributed by atoms with Gasteiger partial charge in [-0.1, -0.05) is 11.2 Å². The molecule has 0 bridgehead atoms. The Labute approximate surface area is 126 Å². The van der Waals surface area contributed by atoms with Crippen molar-refractivity contribution in [2.75, 3.05) is 19.0 Å². The average molecular weight is 313 g/mol. The molecule has 1 aromatic carbocycles. The van der Waals surface area contributed by atoms with Crippen molar-refractivity contribution < 1.29 is 18.6 Å². The molecule has 0 aliphatic heterocycles. The Morgan fingerprint density at radius 2 is 1.95 bits per heavy atom. The van der Waals surface area contributed by atoms with E-state index >= 15 is 0 Å². The maximum atomic E-state index is 11.9. The van der Waals surface area contributed by atoms with Crippen LogP contribution in [-0.2, 0) is 14.1 Å². The quantitative estimate of drug-likeness (QED) is 0.616. The van der Waals surface area contributed by atoms with Crippen LogP contribution in [0.25, 0.3) is 0 Å². The van der Waals surface area contributed by atoms with E-state index in [2.05, 4.69) is 5.09 Å². The number of ether oxygens (including phenoxy) is 1. The van der Waals surface area contributed by atoms with Crippen molar-refractivity contribution in [3.63, 3.8) is 0 Å². The Bertz CT molecular complexity index is 506. The SMILES string of the molecule is CC(C)OC(=O)[C@H](C)N[P+](=O)Oc1cccc(N(C)C)c1. The van der Waals surface area contributed by atoms with Crippen LogP contribution in [0.1, 0.15) is 20.8 Å². The molecule has 1 unspecified atom stereocenters. The molecular formula is C14H22N2O4P+. The second kappa shape index (κ2) is 7.96. The van der Waals surface area contributed by atoms with Gasteiger partial charge in [-0.2, -0.15) is 0 Å². The summed E-state index contributed by atoms with van der Waals surface area (Å²) in [6.45, 7) is 5.10. The maximum absolute atomic E-state index is 11.9. The number of benzene rings is 1. The van der Waals surface area contributed by atoms with Crippen LogP contribution >= 0.6 is 8.18 Å². The summed E-state index contributed by atoms with van der Waals surface area (Å²) in [7, 11) is 1.60. The summed E-state index contributed by atoms with van der Waals surface area (Å²) in [6, 6.07) is 6.50. The van der Waals surface area contributed by atoms with Gasteiger partial charge in [0.1, 0.15) is 6.04 Å². The van der Waals surface area contributed by atoms with Crippen LogP contribution in [0.15, 0.2) is 24.3 Å². The number of nitrogens with one attached hydrogen (secondary N) is 1. The van der Waals surface area contributed by atoms with Crippen molar-refractivity contribution in [3.05, 3.63) is 24.3 Å². The standard InChI is InChI=1S/C14H22N2O4P/c1-10(2)19-14(17)11(3)15-21(18)20-13-8-6-7-12(9-13)16(4)5/h6-11H,1-5H3,(H,15,18)/q+1/t11-/m0/s1. The van der Waals surface area contributed by atoms with Crippen molar-refractivity contribution in [2.45, 2.75) is 32.9 Å². The van der Waals surface area contributed by atoms with Gasteiger partial charge in [0.25, 0.3) is 0 Å². The first-order valence-electron chi connectivity index (χ1n) is 6.69. The number of anilines is 1. The average Bonchev–Trinajstić information content (AvgIpc) is 2.37. The first kappa shape index (κ1) is 17.4. The molecule has 1 aromatic rings. The van der Waals surface area contributed by atoms with Gasteiger partial charge >= 0.3 is 14.1 Å². The van der Waals surface area contributed by atoms with Gasteiger partial charge in [0.15, 0.2) is 5.75 Å². The second-order valence-electron chi connectivity index (χ2n) is 5.08. The van der Waals surface area contributed by atoms with Gasteiger partial charge < -0.3 is 9.64 Å². The molecule has 116 valence electrons. The Morgan fingerprint density at radius 3 is 2.52 bits per heavy atom. The minimum Gasteiger partial charge on any atom is -0.462 e. The second-order valence-corrected chi connectivity index (χ2v) is 6.03. The van der Waals surface area contributed by atoms with Gasteiger partial charge in [0.05, 0.1) is 6.10 Å². The number of carbonyl (C=O) groups excluding carboxylic acids is 1. The molecule has 0 saturated carbocycles. The Hall–Kier alpha value is -1.65. The monoisotopic (exact) mass is 313 g/mol. The summed E-state index contributed by atoms with van der Waals surface area (Å²) >= 11 is 0. The van der Waals surface area contributed by atoms with Gasteiger partial charge in [0.2, 0.25) is 0 Å². The fraction of sp³-hybridized carbons (Fsp3) is 0.500. The number of nitrogens with zero attached hydrogens (tertiary/aromatic N) is 1. The molecule has 0 aliphatic rings. The van der Waals surface area contributed by atoms with E-state index < -0.39 is 20.2 Å². The zero-order valence-corrected chi connectivity index (χ0v) is 13.9. The van der Waals surface area contributed by atoms with Gasteiger partial charge in [-0.05, 0) is 32.9 Å². The lowest BCUT2D eigenvalue weighted by Gasteiger charge is -2.12. The molecule has 1 N–H and O–H groups in total. The van der Waals surface area contributed by atoms with Crippen molar-refractivity contribution >= 4 is 19.8 Å². The molecule has 0 aliphatic carbocycles. The highest BCUT2D eigenvalue weighted by Gasteiger charge is 2.28. The number of carbonyl (C=O) groups is 1. The molecule has 0 fully saturated rings. The topological polar surface area (TPSA) is 67.9 Å². The normalized spacial score (nSPS) is 12.8. The summed E-state index contributed by atoms with van der Waals surface area (Å²) in [5.74, 6) is 0.0123. The fourth-order valence-electron chi connectivity index (χ4n) is 1.49. The lowest BCUT2D eigenvalue weighted by atomic mass is 10.3. The summed E-state index contributed by atoms with van der Waals surface area (Å²) in [6.07, 6.45) is -0.211. The van der Waals surface area contributed by atoms with Crippen molar-refractivity contribution in [3.8, 4) is 5.75 Å². The van der Waals surface area contributed by atoms with Crippen molar-refractivity contribution in [1.82, 2.24) is 5.09 Å². The maximum Gasteiger partial charge on any atom is 0.664 e. The zero-order valence-electron chi connectivity index (χ0n) is 13.0. The smallest absolute Gasteiger partial charge is 0.462 e. The molecule has 1 rings (SSSR count). The fourth-order valence-corrected chi connectivity index (χ4v) is 2.27. The summed E-state index contributed by atoms with van der Waals surface area (Å²) in [4.78, 5) is 13.5. The van der Waals surface area contributed by atoms with Gasteiger partial charge in [-0.15, -0.1) is 0 Å². The van der Waals surface area contributed by atoms with E-state index in [0.29, 0.717) is 5.75 Å². The Kier molecular flexibility index (Phi) is 6.59. The van der Waals surface area contributed by atoms with Crippen molar-refractivity contribution in [1.29, 1.82) is 0 Å². The van der Waals surface area contributed by atoms with Crippen LogP contribution in [0.2, 0.25) is 0 Å². The third kappa shape index (κ3) is 6.10. The molecule has 21 heavy (non-hydrogen) atoms. The summed E-state index contributed by atoms with van der Waals surface area (Å²) < 4.78 is 22.2. The van der Waals surface area contributed by atoms with Gasteiger partial charge in [-0.3, -0.25) is 4.79 Å². The summed E-state index contributed by atoms with van der Waals surface area (Å²) in [5, 5.41) is 2.58. The molecule has 0 radical (unpaired) electrons. The molecule has 0 amide bonds. The lowest BCUT2D eigenvalue weighted by molar-refractivity contribution is -0.148. The molecule has 6 nitrogen and oxygen atoms in total. The lowest BCUT2D eigenvalue weighted by Crippen LogP contribution is -2.33. The number of hydrogen-bond donors (Lipinski definition) is 1. The van der Waals surface area contributed by atoms with E-state index in [0.717, 1.165) is 5.69 Å². The Morgan fingerprint density at radius 1 is 1.29 bits per heavy atom. The first-order chi connectivity index (χ1) is 9.79. The number of hydrogen-bond acceptors (Lipinski definition) is 5. The molecule has 0 saturated heterocycles. The van der Waals surface area contributed by atoms with Crippen LogP contribution in [0.3, 0.4) is 0 Å². The van der Waals surface area contributed by atoms with Gasteiger partial charge in [0, 0.05) is 30.4 Å². The Balaban J connectivity index is 2.57. The largest absolute Gasteiger partial charge is 0.664 e. The molecule has 0 aromatic heterocycles.